The molecule has 0 saturated heterocycles. The van der Waals surface area contributed by atoms with Crippen molar-refractivity contribution >= 4 is 43.2 Å². The van der Waals surface area contributed by atoms with E-state index in [0.717, 1.165) is 27.2 Å². The van der Waals surface area contributed by atoms with E-state index in [1.807, 2.05) is 43.3 Å². The zero-order chi connectivity index (χ0) is 20.1. The first kappa shape index (κ1) is 20.4. The quantitative estimate of drug-likeness (QED) is 0.580. The zero-order valence-electron chi connectivity index (χ0n) is 15.8. The van der Waals surface area contributed by atoms with Crippen molar-refractivity contribution < 1.29 is 13.2 Å². The maximum absolute atomic E-state index is 12.3. The Balaban J connectivity index is 1.64. The van der Waals surface area contributed by atoms with E-state index < -0.39 is 22.0 Å². The Labute approximate surface area is 169 Å². The number of aromatic nitrogens is 1. The van der Waals surface area contributed by atoms with E-state index in [9.17, 15) is 13.2 Å². The maximum atomic E-state index is 12.3. The number of para-hydroxylation sites is 1. The number of fused-ring (bicyclic) bond motifs is 1. The van der Waals surface area contributed by atoms with Crippen LogP contribution in [0.15, 0.2) is 48.5 Å². The van der Waals surface area contributed by atoms with Gasteiger partial charge in [0.25, 0.3) is 0 Å². The number of unbranched alkanes of at least 4 members (excludes halogenated alkanes) is 1. The average molecular weight is 418 g/mol. The number of nitrogens with zero attached hydrogens (tertiary/aromatic N) is 1. The molecule has 0 aliphatic heterocycles. The first-order valence-electron chi connectivity index (χ1n) is 9.15. The monoisotopic (exact) mass is 417 g/mol. The lowest BCUT2D eigenvalue weighted by Crippen LogP contribution is -2.42. The lowest BCUT2D eigenvalue weighted by atomic mass is 10.2. The minimum atomic E-state index is -3.45. The van der Waals surface area contributed by atoms with Gasteiger partial charge in [-0.15, -0.1) is 11.3 Å². The van der Waals surface area contributed by atoms with Gasteiger partial charge in [0.2, 0.25) is 15.9 Å². The van der Waals surface area contributed by atoms with Crippen LogP contribution < -0.4 is 10.0 Å². The number of thiazole rings is 1. The van der Waals surface area contributed by atoms with Crippen LogP contribution in [0.5, 0.6) is 0 Å². The minimum absolute atomic E-state index is 0.0258. The van der Waals surface area contributed by atoms with Crippen molar-refractivity contribution in [1.82, 2.24) is 9.71 Å². The highest BCUT2D eigenvalue weighted by Gasteiger charge is 2.20. The predicted molar refractivity (Wildman–Crippen MR) is 115 cm³/mol. The zero-order valence-corrected chi connectivity index (χ0v) is 17.4. The first-order valence-corrected chi connectivity index (χ1v) is 11.6. The van der Waals surface area contributed by atoms with E-state index in [-0.39, 0.29) is 5.75 Å². The summed E-state index contributed by atoms with van der Waals surface area (Å²) in [7, 11) is -3.45. The Kier molecular flexibility index (Phi) is 6.43. The van der Waals surface area contributed by atoms with Crippen LogP contribution in [0, 0.1) is 0 Å². The molecule has 3 rings (SSSR count). The highest BCUT2D eigenvalue weighted by Crippen LogP contribution is 2.30. The van der Waals surface area contributed by atoms with Gasteiger partial charge in [0, 0.05) is 11.3 Å². The van der Waals surface area contributed by atoms with Crippen molar-refractivity contribution in [3.05, 3.63) is 48.5 Å². The Bertz CT molecular complexity index is 1030. The summed E-state index contributed by atoms with van der Waals surface area (Å²) in [6.45, 7) is 3.46. The van der Waals surface area contributed by atoms with Gasteiger partial charge in [0.15, 0.2) is 0 Å². The molecule has 0 saturated carbocycles. The summed E-state index contributed by atoms with van der Waals surface area (Å²) in [5.74, 6) is -0.370. The maximum Gasteiger partial charge on any atom is 0.242 e. The molecule has 1 amide bonds. The van der Waals surface area contributed by atoms with Gasteiger partial charge in [0.1, 0.15) is 5.01 Å². The van der Waals surface area contributed by atoms with Gasteiger partial charge in [-0.1, -0.05) is 25.5 Å². The largest absolute Gasteiger partial charge is 0.325 e. The van der Waals surface area contributed by atoms with Crippen molar-refractivity contribution in [3.63, 3.8) is 0 Å². The molecule has 1 heterocycles. The van der Waals surface area contributed by atoms with Crippen LogP contribution in [-0.4, -0.2) is 31.1 Å². The van der Waals surface area contributed by atoms with E-state index >= 15 is 0 Å². The Morgan fingerprint density at radius 2 is 1.86 bits per heavy atom. The van der Waals surface area contributed by atoms with Gasteiger partial charge in [0.05, 0.1) is 22.0 Å². The van der Waals surface area contributed by atoms with E-state index in [0.29, 0.717) is 12.1 Å². The summed E-state index contributed by atoms with van der Waals surface area (Å²) in [5, 5.41) is 3.66. The number of sulfonamides is 1. The smallest absolute Gasteiger partial charge is 0.242 e. The van der Waals surface area contributed by atoms with Crippen LogP contribution >= 0.6 is 11.3 Å². The molecule has 0 bridgehead atoms. The number of hydrogen-bond donors (Lipinski definition) is 2. The fraction of sp³-hybridized carbons (Fsp3) is 0.300. The molecule has 1 aromatic heterocycles. The molecule has 0 aliphatic rings. The summed E-state index contributed by atoms with van der Waals surface area (Å²) in [6, 6.07) is 14.5. The van der Waals surface area contributed by atoms with Crippen molar-refractivity contribution in [3.8, 4) is 10.6 Å². The molecule has 28 heavy (non-hydrogen) atoms. The molecule has 8 heteroatoms. The van der Waals surface area contributed by atoms with Gasteiger partial charge in [-0.05, 0) is 49.7 Å². The fourth-order valence-electron chi connectivity index (χ4n) is 2.66. The third-order valence-corrected chi connectivity index (χ3v) is 6.83. The lowest BCUT2D eigenvalue weighted by molar-refractivity contribution is -0.117. The number of nitrogens with one attached hydrogen (secondary N) is 2. The van der Waals surface area contributed by atoms with Gasteiger partial charge in [-0.3, -0.25) is 4.79 Å². The summed E-state index contributed by atoms with van der Waals surface area (Å²) in [5.41, 5.74) is 2.53. The SMILES string of the molecule is CCCCS(=O)(=O)NC(C)C(=O)Nc1ccc(-c2nc3ccccc3s2)cc1. The standard InChI is InChI=1S/C20H23N3O3S2/c1-3-4-13-28(25,26)23-14(2)19(24)21-16-11-9-15(10-12-16)20-22-17-7-5-6-8-18(17)27-20/h5-12,14,23H,3-4,13H2,1-2H3,(H,21,24). The lowest BCUT2D eigenvalue weighted by Gasteiger charge is -2.14. The molecule has 1 atom stereocenters. The third-order valence-electron chi connectivity index (χ3n) is 4.21. The number of amides is 1. The predicted octanol–water partition coefficient (Wildman–Crippen LogP) is 4.01. The molecular formula is C20H23N3O3S2. The first-order chi connectivity index (χ1) is 13.4. The van der Waals surface area contributed by atoms with Crippen molar-refractivity contribution in [2.45, 2.75) is 32.7 Å². The van der Waals surface area contributed by atoms with E-state index in [1.54, 1.807) is 23.5 Å². The van der Waals surface area contributed by atoms with E-state index in [1.165, 1.54) is 6.92 Å². The molecule has 0 spiro atoms. The third kappa shape index (κ3) is 5.15. The molecule has 0 aliphatic carbocycles. The highest BCUT2D eigenvalue weighted by atomic mass is 32.2. The van der Waals surface area contributed by atoms with Crippen molar-refractivity contribution in [1.29, 1.82) is 0 Å². The molecule has 6 nitrogen and oxygen atoms in total. The van der Waals surface area contributed by atoms with Gasteiger partial charge in [-0.2, -0.15) is 0 Å². The molecule has 1 unspecified atom stereocenters. The topological polar surface area (TPSA) is 88.2 Å². The van der Waals surface area contributed by atoms with Crippen molar-refractivity contribution in [2.24, 2.45) is 0 Å². The highest BCUT2D eigenvalue weighted by molar-refractivity contribution is 7.89. The Morgan fingerprint density at radius 3 is 2.54 bits per heavy atom. The molecule has 3 aromatic rings. The van der Waals surface area contributed by atoms with E-state index in [4.69, 9.17) is 0 Å². The van der Waals surface area contributed by atoms with Crippen LogP contribution in [-0.2, 0) is 14.8 Å². The van der Waals surface area contributed by atoms with Crippen LogP contribution in [0.1, 0.15) is 26.7 Å². The molecule has 0 fully saturated rings. The van der Waals surface area contributed by atoms with Gasteiger partial charge >= 0.3 is 0 Å². The van der Waals surface area contributed by atoms with Crippen LogP contribution in [0.4, 0.5) is 5.69 Å². The van der Waals surface area contributed by atoms with Crippen LogP contribution in [0.2, 0.25) is 0 Å². The molecule has 148 valence electrons. The molecular weight excluding hydrogens is 394 g/mol. The Morgan fingerprint density at radius 1 is 1.14 bits per heavy atom. The summed E-state index contributed by atoms with van der Waals surface area (Å²) >= 11 is 1.61. The number of carbonyl (C=O) groups is 1. The van der Waals surface area contributed by atoms with Crippen LogP contribution in [0.25, 0.3) is 20.8 Å². The number of anilines is 1. The number of hydrogen-bond acceptors (Lipinski definition) is 5. The second kappa shape index (κ2) is 8.81. The fourth-order valence-corrected chi connectivity index (χ4v) is 5.06. The Hall–Kier alpha value is -2.29. The number of benzene rings is 2. The summed E-state index contributed by atoms with van der Waals surface area (Å²) in [4.78, 5) is 16.9. The van der Waals surface area contributed by atoms with Gasteiger partial charge in [-0.25, -0.2) is 18.1 Å². The van der Waals surface area contributed by atoms with Crippen molar-refractivity contribution in [2.75, 3.05) is 11.1 Å². The average Bonchev–Trinajstić information content (AvgIpc) is 3.11. The second-order valence-electron chi connectivity index (χ2n) is 6.57. The molecule has 2 aromatic carbocycles. The minimum Gasteiger partial charge on any atom is -0.325 e. The molecule has 0 radical (unpaired) electrons. The summed E-state index contributed by atoms with van der Waals surface area (Å²) < 4.78 is 27.4. The normalized spacial score (nSPS) is 12.8. The second-order valence-corrected chi connectivity index (χ2v) is 9.47. The number of rotatable bonds is 8. The molecule has 2 N–H and O–H groups in total. The van der Waals surface area contributed by atoms with Crippen LogP contribution in [0.3, 0.4) is 0 Å². The van der Waals surface area contributed by atoms with E-state index in [2.05, 4.69) is 15.0 Å². The van der Waals surface area contributed by atoms with Gasteiger partial charge < -0.3 is 5.32 Å². The number of carbonyl (C=O) groups excluding carboxylic acids is 1. The summed E-state index contributed by atoms with van der Waals surface area (Å²) in [6.07, 6.45) is 1.35.